The van der Waals surface area contributed by atoms with Crippen LogP contribution in [0.25, 0.3) is 0 Å². The molecule has 1 aliphatic carbocycles. The molecule has 1 aromatic carbocycles. The molecule has 4 N–H and O–H groups in total. The average Bonchev–Trinajstić information content (AvgIpc) is 3.13. The summed E-state index contributed by atoms with van der Waals surface area (Å²) in [6.45, 7) is 13.1. The second kappa shape index (κ2) is 13.6. The summed E-state index contributed by atoms with van der Waals surface area (Å²) in [6, 6.07) is 7.70. The number of aromatic nitrogens is 2. The van der Waals surface area contributed by atoms with Gasteiger partial charge in [0, 0.05) is 36.3 Å². The number of fused-ring (bicyclic) bond motifs is 1. The van der Waals surface area contributed by atoms with Crippen LogP contribution >= 0.6 is 11.6 Å². The Bertz CT molecular complexity index is 901. The van der Waals surface area contributed by atoms with Gasteiger partial charge in [0.15, 0.2) is 0 Å². The number of nitrogens with two attached hydrogens (primary N) is 1. The zero-order valence-corrected chi connectivity index (χ0v) is 21.8. The summed E-state index contributed by atoms with van der Waals surface area (Å²) in [5.41, 5.74) is 8.33. The number of nitrogens with zero attached hydrogens (tertiary/aromatic N) is 3. The molecule has 7 nitrogen and oxygen atoms in total. The number of amides is 1. The molecule has 0 radical (unpaired) electrons. The number of aliphatic hydroxyl groups excluding tert-OH is 1. The van der Waals surface area contributed by atoms with Gasteiger partial charge in [0.2, 0.25) is 5.91 Å². The van der Waals surface area contributed by atoms with Crippen molar-refractivity contribution in [2.45, 2.75) is 77.9 Å². The summed E-state index contributed by atoms with van der Waals surface area (Å²) in [6.07, 6.45) is 4.00. The van der Waals surface area contributed by atoms with E-state index in [-0.39, 0.29) is 11.8 Å². The minimum atomic E-state index is -0.415. The predicted octanol–water partition coefficient (Wildman–Crippen LogP) is 4.55. The summed E-state index contributed by atoms with van der Waals surface area (Å²) in [5.74, 6) is 0.736. The van der Waals surface area contributed by atoms with Crippen molar-refractivity contribution in [1.82, 2.24) is 15.3 Å². The van der Waals surface area contributed by atoms with Crippen molar-refractivity contribution in [3.63, 3.8) is 0 Å². The van der Waals surface area contributed by atoms with E-state index >= 15 is 0 Å². The third kappa shape index (κ3) is 7.14. The van der Waals surface area contributed by atoms with Crippen LogP contribution in [0.15, 0.2) is 30.6 Å². The molecule has 8 heteroatoms. The van der Waals surface area contributed by atoms with Gasteiger partial charge in [-0.15, -0.1) is 0 Å². The van der Waals surface area contributed by atoms with E-state index in [0.29, 0.717) is 23.5 Å². The van der Waals surface area contributed by atoms with Crippen LogP contribution in [-0.2, 0) is 4.79 Å². The second-order valence-electron chi connectivity index (χ2n) is 8.75. The SMILES string of the molecule is CCC(CC)NCC(C(N)=O)c1ccc(Cl)cc1.CCN(CC)c1ncnc2c1[C@H](C)C[C@H]2O. The quantitative estimate of drug-likeness (QED) is 0.452. The van der Waals surface area contributed by atoms with Gasteiger partial charge in [0.25, 0.3) is 0 Å². The van der Waals surface area contributed by atoms with Crippen molar-refractivity contribution in [3.8, 4) is 0 Å². The van der Waals surface area contributed by atoms with Gasteiger partial charge in [0.1, 0.15) is 12.1 Å². The van der Waals surface area contributed by atoms with Gasteiger partial charge < -0.3 is 21.1 Å². The first-order valence-electron chi connectivity index (χ1n) is 12.3. The van der Waals surface area contributed by atoms with E-state index in [0.717, 1.165) is 55.0 Å². The highest BCUT2D eigenvalue weighted by Gasteiger charge is 2.32. The Morgan fingerprint density at radius 3 is 2.32 bits per heavy atom. The molecule has 0 spiro atoms. The molecule has 1 aromatic heterocycles. The molecule has 188 valence electrons. The van der Waals surface area contributed by atoms with Crippen LogP contribution in [-0.4, -0.2) is 46.7 Å². The van der Waals surface area contributed by atoms with Gasteiger partial charge in [-0.2, -0.15) is 0 Å². The zero-order chi connectivity index (χ0) is 25.3. The standard InChI is InChI=1S/C14H21ClN2O.C12H19N3O/c1-3-12(4-2)17-9-13(14(16)18)10-5-7-11(15)8-6-10;1-4-15(5-2)12-10-8(3)6-9(16)11(10)13-7-14-12/h5-8,12-13,17H,3-4,9H2,1-2H3,(H2,16,18);7-9,16H,4-6H2,1-3H3/t;8-,9-/m.1/s1. The van der Waals surface area contributed by atoms with E-state index < -0.39 is 6.10 Å². The van der Waals surface area contributed by atoms with E-state index in [1.807, 2.05) is 12.1 Å². The Hall–Kier alpha value is -2.22. The smallest absolute Gasteiger partial charge is 0.226 e. The summed E-state index contributed by atoms with van der Waals surface area (Å²) < 4.78 is 0. The minimum Gasteiger partial charge on any atom is -0.387 e. The van der Waals surface area contributed by atoms with Crippen molar-refractivity contribution >= 4 is 23.3 Å². The third-order valence-electron chi connectivity index (χ3n) is 6.55. The minimum absolute atomic E-state index is 0.303. The molecular weight excluding hydrogens is 450 g/mol. The molecule has 0 saturated heterocycles. The lowest BCUT2D eigenvalue weighted by Crippen LogP contribution is -2.36. The maximum absolute atomic E-state index is 11.5. The van der Waals surface area contributed by atoms with Crippen LogP contribution in [0.2, 0.25) is 5.02 Å². The van der Waals surface area contributed by atoms with E-state index in [9.17, 15) is 9.90 Å². The van der Waals surface area contributed by atoms with Crippen LogP contribution in [0, 0.1) is 0 Å². The maximum Gasteiger partial charge on any atom is 0.226 e. The first kappa shape index (κ1) is 28.0. The number of hydrogen-bond donors (Lipinski definition) is 3. The fourth-order valence-electron chi connectivity index (χ4n) is 4.42. The van der Waals surface area contributed by atoms with E-state index in [1.54, 1.807) is 18.5 Å². The number of aliphatic hydroxyl groups is 1. The monoisotopic (exact) mass is 489 g/mol. The Morgan fingerprint density at radius 2 is 1.79 bits per heavy atom. The molecule has 1 unspecified atom stereocenters. The Labute approximate surface area is 209 Å². The predicted molar refractivity (Wildman–Crippen MR) is 139 cm³/mol. The number of benzene rings is 1. The molecule has 34 heavy (non-hydrogen) atoms. The fourth-order valence-corrected chi connectivity index (χ4v) is 4.54. The van der Waals surface area contributed by atoms with Gasteiger partial charge in [0.05, 0.1) is 17.7 Å². The highest BCUT2D eigenvalue weighted by Crippen LogP contribution is 2.42. The molecule has 0 saturated carbocycles. The van der Waals surface area contributed by atoms with Crippen LogP contribution in [0.5, 0.6) is 0 Å². The summed E-state index contributed by atoms with van der Waals surface area (Å²) in [4.78, 5) is 22.3. The number of anilines is 1. The molecule has 3 atom stereocenters. The molecule has 0 aliphatic heterocycles. The molecule has 1 aliphatic rings. The average molecular weight is 490 g/mol. The second-order valence-corrected chi connectivity index (χ2v) is 9.19. The molecule has 1 amide bonds. The summed E-state index contributed by atoms with van der Waals surface area (Å²) in [7, 11) is 0. The van der Waals surface area contributed by atoms with Crippen molar-refractivity contribution in [2.75, 3.05) is 24.5 Å². The lowest BCUT2D eigenvalue weighted by Gasteiger charge is -2.23. The van der Waals surface area contributed by atoms with Crippen LogP contribution in [0.4, 0.5) is 5.82 Å². The highest BCUT2D eigenvalue weighted by atomic mass is 35.5. The van der Waals surface area contributed by atoms with Crippen molar-refractivity contribution < 1.29 is 9.90 Å². The molecule has 0 bridgehead atoms. The normalized spacial score (nSPS) is 17.6. The van der Waals surface area contributed by atoms with E-state index in [2.05, 4.69) is 54.8 Å². The lowest BCUT2D eigenvalue weighted by molar-refractivity contribution is -0.119. The van der Waals surface area contributed by atoms with Crippen LogP contribution in [0.3, 0.4) is 0 Å². The molecular formula is C26H40ClN5O2. The van der Waals surface area contributed by atoms with E-state index in [4.69, 9.17) is 17.3 Å². The molecule has 1 heterocycles. The molecule has 2 aromatic rings. The molecule has 0 fully saturated rings. The maximum atomic E-state index is 11.5. The number of primary amides is 1. The first-order chi connectivity index (χ1) is 16.3. The Kier molecular flexibility index (Phi) is 11.2. The van der Waals surface area contributed by atoms with Gasteiger partial charge in [-0.3, -0.25) is 4.79 Å². The molecule has 3 rings (SSSR count). The third-order valence-corrected chi connectivity index (χ3v) is 6.81. The van der Waals surface area contributed by atoms with Crippen molar-refractivity contribution in [3.05, 3.63) is 52.4 Å². The largest absolute Gasteiger partial charge is 0.387 e. The van der Waals surface area contributed by atoms with E-state index in [1.165, 1.54) is 0 Å². The fraction of sp³-hybridized carbons (Fsp3) is 0.577. The van der Waals surface area contributed by atoms with Crippen LogP contribution < -0.4 is 16.0 Å². The number of carbonyl (C=O) groups is 1. The lowest BCUT2D eigenvalue weighted by atomic mass is 9.98. The number of rotatable bonds is 10. The Balaban J connectivity index is 0.000000241. The number of hydrogen-bond acceptors (Lipinski definition) is 6. The van der Waals surface area contributed by atoms with Gasteiger partial charge in [-0.05, 0) is 56.7 Å². The van der Waals surface area contributed by atoms with Gasteiger partial charge in [-0.25, -0.2) is 9.97 Å². The zero-order valence-electron chi connectivity index (χ0n) is 21.1. The van der Waals surface area contributed by atoms with Gasteiger partial charge >= 0.3 is 0 Å². The topological polar surface area (TPSA) is 104 Å². The van der Waals surface area contributed by atoms with Crippen molar-refractivity contribution in [1.29, 1.82) is 0 Å². The summed E-state index contributed by atoms with van der Waals surface area (Å²) in [5, 5.41) is 13.9. The Morgan fingerprint density at radius 1 is 1.18 bits per heavy atom. The number of halogens is 1. The number of carbonyl (C=O) groups excluding carboxylic acids is 1. The van der Waals surface area contributed by atoms with Crippen molar-refractivity contribution in [2.24, 2.45) is 5.73 Å². The first-order valence-corrected chi connectivity index (χ1v) is 12.7. The van der Waals surface area contributed by atoms with Gasteiger partial charge in [-0.1, -0.05) is 44.5 Å². The highest BCUT2D eigenvalue weighted by molar-refractivity contribution is 6.30. The van der Waals surface area contributed by atoms with Crippen LogP contribution in [0.1, 0.15) is 88.6 Å². The number of nitrogens with one attached hydrogen (secondary N) is 1. The summed E-state index contributed by atoms with van der Waals surface area (Å²) >= 11 is 5.84.